The van der Waals surface area contributed by atoms with E-state index in [1.54, 1.807) is 18.3 Å². The summed E-state index contributed by atoms with van der Waals surface area (Å²) in [7, 11) is 0. The smallest absolute Gasteiger partial charge is 0.306 e. The Morgan fingerprint density at radius 2 is 2.25 bits per heavy atom. The summed E-state index contributed by atoms with van der Waals surface area (Å²) in [5.41, 5.74) is 1.08. The van der Waals surface area contributed by atoms with Gasteiger partial charge in [-0.2, -0.15) is 11.3 Å². The third-order valence-corrected chi connectivity index (χ3v) is 2.66. The van der Waals surface area contributed by atoms with Crippen molar-refractivity contribution < 1.29 is 14.3 Å². The first-order valence-corrected chi connectivity index (χ1v) is 6.10. The Labute approximate surface area is 98.6 Å². The van der Waals surface area contributed by atoms with Gasteiger partial charge in [-0.1, -0.05) is 0 Å². The summed E-state index contributed by atoms with van der Waals surface area (Å²) >= 11 is 1.59. The van der Waals surface area contributed by atoms with E-state index in [1.807, 2.05) is 16.8 Å². The highest BCUT2D eigenvalue weighted by Crippen LogP contribution is 2.05. The minimum absolute atomic E-state index is 0.126. The standard InChI is InChI=1S/C11H15NO3S/c1-2-15-11(14)4-3-10(13)12-7-9-5-6-16-8-9/h5-6,8H,2-4,7H2,1H3,(H,12,13). The lowest BCUT2D eigenvalue weighted by atomic mass is 10.3. The predicted octanol–water partition coefficient (Wildman–Crippen LogP) is 1.71. The molecule has 0 aliphatic heterocycles. The van der Waals surface area contributed by atoms with E-state index < -0.39 is 0 Å². The molecule has 1 aromatic rings. The molecule has 0 aliphatic carbocycles. The number of carbonyl (C=O) groups excluding carboxylic acids is 2. The van der Waals surface area contributed by atoms with Crippen LogP contribution in [0.4, 0.5) is 0 Å². The highest BCUT2D eigenvalue weighted by atomic mass is 32.1. The minimum Gasteiger partial charge on any atom is -0.466 e. The first-order valence-electron chi connectivity index (χ1n) is 5.15. The van der Waals surface area contributed by atoms with E-state index in [-0.39, 0.29) is 24.7 Å². The third-order valence-electron chi connectivity index (χ3n) is 1.93. The molecule has 0 atom stereocenters. The SMILES string of the molecule is CCOC(=O)CCC(=O)NCc1ccsc1. The molecule has 0 spiro atoms. The molecule has 1 amide bonds. The Morgan fingerprint density at radius 3 is 2.88 bits per heavy atom. The fraction of sp³-hybridized carbons (Fsp3) is 0.455. The van der Waals surface area contributed by atoms with Gasteiger partial charge in [-0.3, -0.25) is 9.59 Å². The number of amides is 1. The molecular formula is C11H15NO3S. The quantitative estimate of drug-likeness (QED) is 0.771. The van der Waals surface area contributed by atoms with Crippen LogP contribution in [0.25, 0.3) is 0 Å². The maximum absolute atomic E-state index is 11.3. The molecule has 0 bridgehead atoms. The van der Waals surface area contributed by atoms with Crippen LogP contribution >= 0.6 is 11.3 Å². The summed E-state index contributed by atoms with van der Waals surface area (Å²) in [6, 6.07) is 1.95. The van der Waals surface area contributed by atoms with Crippen LogP contribution in [0.5, 0.6) is 0 Å². The summed E-state index contributed by atoms with van der Waals surface area (Å²) in [6.07, 6.45) is 0.326. The van der Waals surface area contributed by atoms with Crippen molar-refractivity contribution in [1.29, 1.82) is 0 Å². The third kappa shape index (κ3) is 4.93. The van der Waals surface area contributed by atoms with Crippen LogP contribution in [0, 0.1) is 0 Å². The molecule has 0 radical (unpaired) electrons. The summed E-state index contributed by atoms with van der Waals surface area (Å²) in [5, 5.41) is 6.68. The molecule has 16 heavy (non-hydrogen) atoms. The van der Waals surface area contributed by atoms with Crippen LogP contribution in [0.2, 0.25) is 0 Å². The first-order chi connectivity index (χ1) is 7.72. The van der Waals surface area contributed by atoms with Crippen LogP contribution in [0.1, 0.15) is 25.3 Å². The number of rotatable bonds is 6. The molecular weight excluding hydrogens is 226 g/mol. The van der Waals surface area contributed by atoms with E-state index in [0.29, 0.717) is 13.2 Å². The van der Waals surface area contributed by atoms with Crippen LogP contribution in [-0.2, 0) is 20.9 Å². The summed E-state index contributed by atoms with van der Waals surface area (Å²) in [5.74, 6) is -0.451. The van der Waals surface area contributed by atoms with Gasteiger partial charge in [0.2, 0.25) is 5.91 Å². The van der Waals surface area contributed by atoms with Crippen molar-refractivity contribution in [2.75, 3.05) is 6.61 Å². The Hall–Kier alpha value is -1.36. The van der Waals surface area contributed by atoms with Crippen molar-refractivity contribution in [3.8, 4) is 0 Å². The van der Waals surface area contributed by atoms with Gasteiger partial charge in [0.25, 0.3) is 0 Å². The van der Waals surface area contributed by atoms with Crippen molar-refractivity contribution >= 4 is 23.2 Å². The van der Waals surface area contributed by atoms with Gasteiger partial charge in [-0.05, 0) is 29.3 Å². The molecule has 0 fully saturated rings. The van der Waals surface area contributed by atoms with Gasteiger partial charge < -0.3 is 10.1 Å². The average Bonchev–Trinajstić information content (AvgIpc) is 2.77. The molecule has 5 heteroatoms. The number of carbonyl (C=O) groups is 2. The fourth-order valence-corrected chi connectivity index (χ4v) is 1.80. The van der Waals surface area contributed by atoms with Crippen LogP contribution in [0.3, 0.4) is 0 Å². The van der Waals surface area contributed by atoms with Crippen molar-refractivity contribution in [3.05, 3.63) is 22.4 Å². The lowest BCUT2D eigenvalue weighted by Crippen LogP contribution is -2.23. The molecule has 0 unspecified atom stereocenters. The van der Waals surface area contributed by atoms with Gasteiger partial charge in [0, 0.05) is 13.0 Å². The number of hydrogen-bond acceptors (Lipinski definition) is 4. The van der Waals surface area contributed by atoms with Gasteiger partial charge in [0.15, 0.2) is 0 Å². The molecule has 0 aliphatic rings. The van der Waals surface area contributed by atoms with Gasteiger partial charge in [0.05, 0.1) is 13.0 Å². The molecule has 4 nitrogen and oxygen atoms in total. The number of thiophene rings is 1. The van der Waals surface area contributed by atoms with Crippen molar-refractivity contribution in [2.45, 2.75) is 26.3 Å². The van der Waals surface area contributed by atoms with Crippen molar-refractivity contribution in [1.82, 2.24) is 5.32 Å². The summed E-state index contributed by atoms with van der Waals surface area (Å²) in [4.78, 5) is 22.3. The van der Waals surface area contributed by atoms with E-state index in [2.05, 4.69) is 5.32 Å². The topological polar surface area (TPSA) is 55.4 Å². The monoisotopic (exact) mass is 241 g/mol. The van der Waals surface area contributed by atoms with Crippen LogP contribution in [-0.4, -0.2) is 18.5 Å². The molecule has 0 aromatic carbocycles. The molecule has 0 saturated carbocycles. The predicted molar refractivity (Wildman–Crippen MR) is 62.0 cm³/mol. The average molecular weight is 241 g/mol. The van der Waals surface area contributed by atoms with Crippen LogP contribution in [0.15, 0.2) is 16.8 Å². The van der Waals surface area contributed by atoms with Crippen molar-refractivity contribution in [2.24, 2.45) is 0 Å². The highest BCUT2D eigenvalue weighted by Gasteiger charge is 2.06. The maximum Gasteiger partial charge on any atom is 0.306 e. The lowest BCUT2D eigenvalue weighted by molar-refractivity contribution is -0.144. The molecule has 1 N–H and O–H groups in total. The zero-order valence-electron chi connectivity index (χ0n) is 9.19. The number of nitrogens with one attached hydrogen (secondary N) is 1. The van der Waals surface area contributed by atoms with Gasteiger partial charge in [0.1, 0.15) is 0 Å². The van der Waals surface area contributed by atoms with E-state index in [1.165, 1.54) is 0 Å². The molecule has 0 saturated heterocycles. The lowest BCUT2D eigenvalue weighted by Gasteiger charge is -2.03. The molecule has 88 valence electrons. The van der Waals surface area contributed by atoms with E-state index in [9.17, 15) is 9.59 Å². The second-order valence-electron chi connectivity index (χ2n) is 3.21. The minimum atomic E-state index is -0.326. The second kappa shape index (κ2) is 7.00. The largest absolute Gasteiger partial charge is 0.466 e. The normalized spacial score (nSPS) is 9.81. The maximum atomic E-state index is 11.3. The zero-order chi connectivity index (χ0) is 11.8. The van der Waals surface area contributed by atoms with E-state index >= 15 is 0 Å². The fourth-order valence-electron chi connectivity index (χ4n) is 1.13. The van der Waals surface area contributed by atoms with Crippen LogP contribution < -0.4 is 5.32 Å². The van der Waals surface area contributed by atoms with Gasteiger partial charge in [-0.15, -0.1) is 0 Å². The Morgan fingerprint density at radius 1 is 1.44 bits per heavy atom. The molecule has 1 heterocycles. The Balaban J connectivity index is 2.14. The van der Waals surface area contributed by atoms with Gasteiger partial charge in [-0.25, -0.2) is 0 Å². The highest BCUT2D eigenvalue weighted by molar-refractivity contribution is 7.07. The zero-order valence-corrected chi connectivity index (χ0v) is 10.0. The summed E-state index contributed by atoms with van der Waals surface area (Å²) < 4.78 is 4.73. The first kappa shape index (κ1) is 12.7. The number of hydrogen-bond donors (Lipinski definition) is 1. The Bertz CT molecular complexity index is 335. The summed E-state index contributed by atoms with van der Waals surface area (Å²) in [6.45, 7) is 2.62. The second-order valence-corrected chi connectivity index (χ2v) is 3.99. The van der Waals surface area contributed by atoms with E-state index in [0.717, 1.165) is 5.56 Å². The van der Waals surface area contributed by atoms with Crippen molar-refractivity contribution in [3.63, 3.8) is 0 Å². The molecule has 1 rings (SSSR count). The van der Waals surface area contributed by atoms with Gasteiger partial charge >= 0.3 is 5.97 Å². The number of esters is 1. The number of ether oxygens (including phenoxy) is 1. The Kier molecular flexibility index (Phi) is 5.56. The molecule has 1 aromatic heterocycles. The van der Waals surface area contributed by atoms with E-state index in [4.69, 9.17) is 4.74 Å².